The minimum Gasteiger partial charge on any atom is -0.493 e. The molecule has 38 heavy (non-hydrogen) atoms. The summed E-state index contributed by atoms with van der Waals surface area (Å²) >= 11 is 6.54. The number of pyridine rings is 1. The number of anilines is 2. The molecule has 0 aliphatic rings. The summed E-state index contributed by atoms with van der Waals surface area (Å²) in [4.78, 5) is 21.1. The van der Waals surface area contributed by atoms with Crippen LogP contribution in [0.25, 0.3) is 22.3 Å². The average molecular weight is 533 g/mol. The number of carbonyl (C=O) groups is 1. The van der Waals surface area contributed by atoms with E-state index in [2.05, 4.69) is 35.9 Å². The fourth-order valence-corrected chi connectivity index (χ4v) is 4.14. The Hall–Kier alpha value is -4.64. The second-order valence-corrected chi connectivity index (χ2v) is 8.87. The van der Waals surface area contributed by atoms with Crippen molar-refractivity contribution in [2.45, 2.75) is 13.0 Å². The molecule has 0 spiro atoms. The fourth-order valence-electron chi connectivity index (χ4n) is 3.88. The van der Waals surface area contributed by atoms with Gasteiger partial charge < -0.3 is 20.1 Å². The Morgan fingerprint density at radius 3 is 2.84 bits per heavy atom. The van der Waals surface area contributed by atoms with E-state index >= 15 is 0 Å². The Morgan fingerprint density at radius 1 is 1.18 bits per heavy atom. The molecule has 0 bridgehead atoms. The molecule has 2 aromatic carbocycles. The summed E-state index contributed by atoms with van der Waals surface area (Å²) in [6, 6.07) is 12.5. The number of methoxy groups -OCH3 is 1. The number of H-pyrrole nitrogens is 1. The first-order valence-corrected chi connectivity index (χ1v) is 12.1. The van der Waals surface area contributed by atoms with Crippen LogP contribution in [0.15, 0.2) is 61.1 Å². The highest BCUT2D eigenvalue weighted by Gasteiger charge is 2.16. The van der Waals surface area contributed by atoms with Crippen molar-refractivity contribution in [3.8, 4) is 22.9 Å². The molecule has 0 saturated carbocycles. The van der Waals surface area contributed by atoms with E-state index in [4.69, 9.17) is 21.1 Å². The van der Waals surface area contributed by atoms with Gasteiger partial charge in [0.1, 0.15) is 0 Å². The van der Waals surface area contributed by atoms with Crippen LogP contribution in [0.2, 0.25) is 5.02 Å². The molecule has 1 unspecified atom stereocenters. The number of rotatable bonds is 9. The van der Waals surface area contributed by atoms with Crippen LogP contribution in [0.5, 0.6) is 11.5 Å². The second kappa shape index (κ2) is 10.8. The summed E-state index contributed by atoms with van der Waals surface area (Å²) in [5.74, 6) is 1.59. The zero-order chi connectivity index (χ0) is 26.6. The summed E-state index contributed by atoms with van der Waals surface area (Å²) in [6.45, 7) is 1.72. The van der Waals surface area contributed by atoms with E-state index in [1.165, 1.54) is 7.11 Å². The predicted octanol–water partition coefficient (Wildman–Crippen LogP) is 4.42. The number of aromatic amines is 1. The maximum absolute atomic E-state index is 12.4. The number of ether oxygens (including phenoxy) is 2. The molecule has 1 atom stereocenters. The van der Waals surface area contributed by atoms with E-state index < -0.39 is 0 Å². The van der Waals surface area contributed by atoms with Gasteiger partial charge in [-0.1, -0.05) is 17.7 Å². The van der Waals surface area contributed by atoms with E-state index in [0.717, 1.165) is 16.5 Å². The highest BCUT2D eigenvalue weighted by Crippen LogP contribution is 2.34. The Kier molecular flexibility index (Phi) is 7.09. The molecule has 5 aromatic rings. The number of carbonyl (C=O) groups excluding carboxylic acids is 1. The van der Waals surface area contributed by atoms with Gasteiger partial charge in [-0.2, -0.15) is 10.1 Å². The van der Waals surface area contributed by atoms with Crippen LogP contribution in [0, 0.1) is 0 Å². The maximum Gasteiger partial charge on any atom is 0.258 e. The number of benzene rings is 2. The first-order chi connectivity index (χ1) is 18.4. The number of aromatic nitrogens is 6. The number of aryl methyl sites for hydroxylation is 1. The van der Waals surface area contributed by atoms with Gasteiger partial charge >= 0.3 is 0 Å². The highest BCUT2D eigenvalue weighted by molar-refractivity contribution is 6.38. The van der Waals surface area contributed by atoms with Crippen molar-refractivity contribution >= 4 is 40.0 Å². The molecular weight excluding hydrogens is 508 g/mol. The van der Waals surface area contributed by atoms with Crippen molar-refractivity contribution < 1.29 is 14.3 Å². The number of nitrogens with zero attached hydrogens (tertiary/aromatic N) is 5. The minimum atomic E-state index is -0.262. The fraction of sp³-hybridized carbons (Fsp3) is 0.192. The molecule has 0 fully saturated rings. The lowest BCUT2D eigenvalue weighted by molar-refractivity contribution is -0.123. The average Bonchev–Trinajstić information content (AvgIpc) is 3.56. The summed E-state index contributed by atoms with van der Waals surface area (Å²) in [6.07, 6.45) is 5.07. The lowest BCUT2D eigenvalue weighted by Gasteiger charge is -2.15. The molecule has 0 saturated heterocycles. The summed E-state index contributed by atoms with van der Waals surface area (Å²) < 4.78 is 12.9. The van der Waals surface area contributed by atoms with E-state index in [0.29, 0.717) is 39.5 Å². The second-order valence-electron chi connectivity index (χ2n) is 8.50. The van der Waals surface area contributed by atoms with Crippen molar-refractivity contribution in [1.29, 1.82) is 0 Å². The van der Waals surface area contributed by atoms with Gasteiger partial charge in [0.05, 0.1) is 35.6 Å². The van der Waals surface area contributed by atoms with Gasteiger partial charge in [0.25, 0.3) is 5.91 Å². The molecule has 3 aromatic heterocycles. The third kappa shape index (κ3) is 5.23. The van der Waals surface area contributed by atoms with Crippen molar-refractivity contribution in [1.82, 2.24) is 35.3 Å². The van der Waals surface area contributed by atoms with E-state index in [9.17, 15) is 4.79 Å². The minimum absolute atomic E-state index is 0.169. The summed E-state index contributed by atoms with van der Waals surface area (Å²) in [5, 5.41) is 18.9. The zero-order valence-electron chi connectivity index (χ0n) is 20.9. The van der Waals surface area contributed by atoms with Crippen LogP contribution < -0.4 is 20.1 Å². The molecule has 5 rings (SSSR count). The molecular formula is C26H25ClN8O3. The van der Waals surface area contributed by atoms with Gasteiger partial charge in [-0.05, 0) is 48.9 Å². The highest BCUT2D eigenvalue weighted by atomic mass is 35.5. The quantitative estimate of drug-likeness (QED) is 0.254. The van der Waals surface area contributed by atoms with Crippen LogP contribution in [0.4, 0.5) is 11.6 Å². The van der Waals surface area contributed by atoms with Gasteiger partial charge in [0.15, 0.2) is 23.9 Å². The van der Waals surface area contributed by atoms with Crippen LogP contribution in [0.1, 0.15) is 18.5 Å². The Morgan fingerprint density at radius 2 is 2.05 bits per heavy atom. The Balaban J connectivity index is 1.27. The first-order valence-electron chi connectivity index (χ1n) is 11.7. The molecule has 3 N–H and O–H groups in total. The van der Waals surface area contributed by atoms with E-state index in [1.807, 2.05) is 31.2 Å². The summed E-state index contributed by atoms with van der Waals surface area (Å²) in [5.41, 5.74) is 3.14. The molecule has 1 amide bonds. The number of nitrogens with one attached hydrogen (secondary N) is 3. The van der Waals surface area contributed by atoms with E-state index in [-0.39, 0.29) is 18.6 Å². The van der Waals surface area contributed by atoms with Crippen molar-refractivity contribution in [3.05, 3.63) is 71.6 Å². The molecule has 194 valence electrons. The molecule has 12 heteroatoms. The SMILES string of the molecule is COc1cc(-c2nc(Nc3ccc4[nH]ncc4c3Cl)n(C)n2)ccc1OCC(=O)NC(C)c1cccnc1. The smallest absolute Gasteiger partial charge is 0.258 e. The maximum atomic E-state index is 12.4. The number of halogens is 1. The predicted molar refractivity (Wildman–Crippen MR) is 144 cm³/mol. The lowest BCUT2D eigenvalue weighted by atomic mass is 10.1. The molecule has 0 aliphatic carbocycles. The van der Waals surface area contributed by atoms with Crippen LogP contribution >= 0.6 is 11.6 Å². The van der Waals surface area contributed by atoms with Gasteiger partial charge in [0, 0.05) is 30.4 Å². The van der Waals surface area contributed by atoms with Crippen LogP contribution in [0.3, 0.4) is 0 Å². The number of hydrogen-bond donors (Lipinski definition) is 3. The van der Waals surface area contributed by atoms with Gasteiger partial charge in [-0.3, -0.25) is 14.9 Å². The largest absolute Gasteiger partial charge is 0.493 e. The topological polar surface area (TPSA) is 132 Å². The van der Waals surface area contributed by atoms with Gasteiger partial charge in [-0.15, -0.1) is 5.10 Å². The number of fused-ring (bicyclic) bond motifs is 1. The zero-order valence-corrected chi connectivity index (χ0v) is 21.7. The molecule has 0 aliphatic heterocycles. The molecule has 3 heterocycles. The van der Waals surface area contributed by atoms with Gasteiger partial charge in [0.2, 0.25) is 5.95 Å². The normalized spacial score (nSPS) is 11.8. The van der Waals surface area contributed by atoms with Crippen molar-refractivity contribution in [2.75, 3.05) is 19.0 Å². The molecule has 11 nitrogen and oxygen atoms in total. The Bertz CT molecular complexity index is 1580. The standard InChI is InChI=1S/C26H25ClN8O3/c1-15(17-5-4-10-28-12-17)30-23(36)14-38-21-9-6-16(11-22(21)37-3)25-32-26(35(2)34-25)31-20-8-7-19-18(24(20)27)13-29-33-19/h4-13,15H,14H2,1-3H3,(H,29,33)(H,30,36)(H,31,32,34). The first kappa shape index (κ1) is 25.0. The number of hydrogen-bond acceptors (Lipinski definition) is 8. The van der Waals surface area contributed by atoms with Crippen LogP contribution in [-0.4, -0.2) is 49.6 Å². The van der Waals surface area contributed by atoms with Crippen LogP contribution in [-0.2, 0) is 11.8 Å². The number of amides is 1. The van der Waals surface area contributed by atoms with Crippen molar-refractivity contribution in [2.24, 2.45) is 7.05 Å². The van der Waals surface area contributed by atoms with Gasteiger partial charge in [-0.25, -0.2) is 4.68 Å². The lowest BCUT2D eigenvalue weighted by Crippen LogP contribution is -2.31. The third-order valence-corrected chi connectivity index (χ3v) is 6.32. The Labute approximate surface area is 223 Å². The van der Waals surface area contributed by atoms with Crippen molar-refractivity contribution in [3.63, 3.8) is 0 Å². The monoisotopic (exact) mass is 532 g/mol. The molecule has 0 radical (unpaired) electrons. The third-order valence-electron chi connectivity index (χ3n) is 5.91. The van der Waals surface area contributed by atoms with E-state index in [1.54, 1.807) is 48.5 Å². The summed E-state index contributed by atoms with van der Waals surface area (Å²) in [7, 11) is 3.31.